The van der Waals surface area contributed by atoms with Crippen LogP contribution in [0.1, 0.15) is 48.7 Å². The lowest BCUT2D eigenvalue weighted by atomic mass is 9.97. The van der Waals surface area contributed by atoms with Gasteiger partial charge in [-0.2, -0.15) is 0 Å². The van der Waals surface area contributed by atoms with Gasteiger partial charge in [0.15, 0.2) is 5.96 Å². The summed E-state index contributed by atoms with van der Waals surface area (Å²) in [6, 6.07) is 5.42. The van der Waals surface area contributed by atoms with Crippen LogP contribution >= 0.6 is 23.2 Å². The van der Waals surface area contributed by atoms with E-state index in [0.29, 0.717) is 21.9 Å². The van der Waals surface area contributed by atoms with Gasteiger partial charge in [-0.3, -0.25) is 9.89 Å². The van der Waals surface area contributed by atoms with Gasteiger partial charge in [0.05, 0.1) is 18.3 Å². The molecule has 2 aromatic rings. The first-order chi connectivity index (χ1) is 13.8. The molecular weight excluding hydrogens is 409 g/mol. The fourth-order valence-electron chi connectivity index (χ4n) is 3.55. The third-order valence-electron chi connectivity index (χ3n) is 5.45. The minimum absolute atomic E-state index is 0.0435. The second-order valence-electron chi connectivity index (χ2n) is 7.73. The molecule has 6 nitrogen and oxygen atoms in total. The van der Waals surface area contributed by atoms with Gasteiger partial charge in [-0.1, -0.05) is 29.3 Å². The Balaban J connectivity index is 1.44. The van der Waals surface area contributed by atoms with Gasteiger partial charge >= 0.3 is 0 Å². The Kier molecular flexibility index (Phi) is 7.44. The molecular formula is C21H29Cl2N5O. The summed E-state index contributed by atoms with van der Waals surface area (Å²) < 4.78 is 5.69. The second kappa shape index (κ2) is 9.83. The third-order valence-corrected chi connectivity index (χ3v) is 6.01. The van der Waals surface area contributed by atoms with Gasteiger partial charge in [0.2, 0.25) is 5.89 Å². The van der Waals surface area contributed by atoms with E-state index in [4.69, 9.17) is 33.4 Å². The zero-order valence-corrected chi connectivity index (χ0v) is 18.7. The monoisotopic (exact) mass is 437 g/mol. The largest absolute Gasteiger partial charge is 0.444 e. The number of benzene rings is 1. The van der Waals surface area contributed by atoms with Crippen molar-refractivity contribution in [1.82, 2.24) is 15.2 Å². The molecule has 3 N–H and O–H groups in total. The maximum Gasteiger partial charge on any atom is 0.208 e. The van der Waals surface area contributed by atoms with Crippen molar-refractivity contribution >= 4 is 29.2 Å². The fourth-order valence-corrected chi connectivity index (χ4v) is 4.12. The molecule has 8 heteroatoms. The number of likely N-dealkylation sites (tertiary alicyclic amines) is 1. The Morgan fingerprint density at radius 1 is 1.34 bits per heavy atom. The van der Waals surface area contributed by atoms with Crippen LogP contribution in [-0.4, -0.2) is 35.5 Å². The van der Waals surface area contributed by atoms with E-state index in [9.17, 15) is 0 Å². The number of nitrogens with one attached hydrogen (secondary N) is 1. The average molecular weight is 438 g/mol. The SMILES string of the molecule is Cc1nc(CN2CCC(CN=C(N)NC(C)c3ccc(Cl)cc3Cl)CC2)oc1C. The second-order valence-corrected chi connectivity index (χ2v) is 8.57. The van der Waals surface area contributed by atoms with E-state index in [1.165, 1.54) is 0 Å². The molecule has 1 aromatic carbocycles. The molecule has 1 unspecified atom stereocenters. The lowest BCUT2D eigenvalue weighted by molar-refractivity contribution is 0.166. The molecule has 0 bridgehead atoms. The van der Waals surface area contributed by atoms with Crippen LogP contribution in [0.4, 0.5) is 0 Å². The predicted molar refractivity (Wildman–Crippen MR) is 118 cm³/mol. The number of piperidine rings is 1. The first-order valence-corrected chi connectivity index (χ1v) is 10.7. The number of nitrogens with zero attached hydrogens (tertiary/aromatic N) is 3. The van der Waals surface area contributed by atoms with Gasteiger partial charge < -0.3 is 15.5 Å². The Morgan fingerprint density at radius 3 is 2.69 bits per heavy atom. The van der Waals surface area contributed by atoms with Gasteiger partial charge in [-0.15, -0.1) is 0 Å². The number of hydrogen-bond acceptors (Lipinski definition) is 4. The van der Waals surface area contributed by atoms with Gasteiger partial charge in [-0.05, 0) is 70.3 Å². The van der Waals surface area contributed by atoms with Crippen molar-refractivity contribution in [2.24, 2.45) is 16.6 Å². The number of hydrogen-bond donors (Lipinski definition) is 2. The highest BCUT2D eigenvalue weighted by Gasteiger charge is 2.21. The third kappa shape index (κ3) is 6.11. The summed E-state index contributed by atoms with van der Waals surface area (Å²) in [5.74, 6) is 2.69. The summed E-state index contributed by atoms with van der Waals surface area (Å²) in [7, 11) is 0. The average Bonchev–Trinajstić information content (AvgIpc) is 2.98. The van der Waals surface area contributed by atoms with Crippen LogP contribution in [0.2, 0.25) is 10.0 Å². The molecule has 158 valence electrons. The van der Waals surface area contributed by atoms with Crippen LogP contribution < -0.4 is 11.1 Å². The van der Waals surface area contributed by atoms with Gasteiger partial charge in [0, 0.05) is 16.6 Å². The van der Waals surface area contributed by atoms with Crippen LogP contribution in [0.15, 0.2) is 27.6 Å². The lowest BCUT2D eigenvalue weighted by Crippen LogP contribution is -2.36. The van der Waals surface area contributed by atoms with E-state index in [0.717, 1.165) is 61.9 Å². The van der Waals surface area contributed by atoms with Gasteiger partial charge in [0.25, 0.3) is 0 Å². The summed E-state index contributed by atoms with van der Waals surface area (Å²) in [5.41, 5.74) is 8.01. The molecule has 1 atom stereocenters. The Morgan fingerprint density at radius 2 is 2.07 bits per heavy atom. The molecule has 1 aliphatic heterocycles. The summed E-state index contributed by atoms with van der Waals surface area (Å²) in [4.78, 5) is 11.4. The van der Waals surface area contributed by atoms with Crippen LogP contribution in [0.25, 0.3) is 0 Å². The van der Waals surface area contributed by atoms with Crippen molar-refractivity contribution in [3.05, 3.63) is 51.2 Å². The first-order valence-electron chi connectivity index (χ1n) is 9.98. The van der Waals surface area contributed by atoms with E-state index in [2.05, 4.69) is 20.2 Å². The summed E-state index contributed by atoms with van der Waals surface area (Å²) in [6.45, 7) is 9.47. The maximum atomic E-state index is 6.27. The number of oxazole rings is 1. The van der Waals surface area contributed by atoms with Crippen LogP contribution in [-0.2, 0) is 6.54 Å². The van der Waals surface area contributed by atoms with E-state index in [-0.39, 0.29) is 6.04 Å². The normalized spacial score (nSPS) is 17.5. The van der Waals surface area contributed by atoms with Crippen molar-refractivity contribution in [3.63, 3.8) is 0 Å². The molecule has 1 aromatic heterocycles. The smallest absolute Gasteiger partial charge is 0.208 e. The van der Waals surface area contributed by atoms with Crippen LogP contribution in [0, 0.1) is 19.8 Å². The number of rotatable bonds is 6. The summed E-state index contributed by atoms with van der Waals surface area (Å²) >= 11 is 12.2. The molecule has 0 radical (unpaired) electrons. The number of aromatic nitrogens is 1. The molecule has 0 spiro atoms. The van der Waals surface area contributed by atoms with Crippen molar-refractivity contribution < 1.29 is 4.42 Å². The van der Waals surface area contributed by atoms with Crippen molar-refractivity contribution in [2.45, 2.75) is 46.2 Å². The van der Waals surface area contributed by atoms with Crippen LogP contribution in [0.3, 0.4) is 0 Å². The van der Waals surface area contributed by atoms with Crippen molar-refractivity contribution in [3.8, 4) is 0 Å². The Bertz CT molecular complexity index is 839. The van der Waals surface area contributed by atoms with Crippen molar-refractivity contribution in [1.29, 1.82) is 0 Å². The van der Waals surface area contributed by atoms with E-state index >= 15 is 0 Å². The number of halogens is 2. The Labute approximate surface area is 182 Å². The molecule has 2 heterocycles. The number of aliphatic imine (C=N–C) groups is 1. The Hall–Kier alpha value is -1.76. The fraction of sp³-hybridized carbons (Fsp3) is 0.524. The molecule has 0 amide bonds. The van der Waals surface area contributed by atoms with Crippen LogP contribution in [0.5, 0.6) is 0 Å². The molecule has 1 fully saturated rings. The highest BCUT2D eigenvalue weighted by molar-refractivity contribution is 6.35. The maximum absolute atomic E-state index is 6.27. The minimum atomic E-state index is -0.0435. The highest BCUT2D eigenvalue weighted by Crippen LogP contribution is 2.26. The molecule has 1 saturated heterocycles. The minimum Gasteiger partial charge on any atom is -0.444 e. The quantitative estimate of drug-likeness (QED) is 0.514. The molecule has 3 rings (SSSR count). The standard InChI is InChI=1S/C21H29Cl2N5O/c1-13-15(3)29-20(26-13)12-28-8-6-16(7-9-28)11-25-21(24)27-14(2)18-5-4-17(22)10-19(18)23/h4-5,10,14,16H,6-9,11-12H2,1-3H3,(H3,24,25,27). The topological polar surface area (TPSA) is 79.7 Å². The summed E-state index contributed by atoms with van der Waals surface area (Å²) in [5, 5.41) is 4.45. The van der Waals surface area contributed by atoms with E-state index in [1.807, 2.05) is 32.9 Å². The number of guanidine groups is 1. The first kappa shape index (κ1) is 21.9. The zero-order chi connectivity index (χ0) is 21.0. The van der Waals surface area contributed by atoms with Gasteiger partial charge in [-0.25, -0.2) is 4.98 Å². The molecule has 1 aliphatic rings. The molecule has 29 heavy (non-hydrogen) atoms. The summed E-state index contributed by atoms with van der Waals surface area (Å²) in [6.07, 6.45) is 2.18. The number of nitrogens with two attached hydrogens (primary N) is 1. The highest BCUT2D eigenvalue weighted by atomic mass is 35.5. The predicted octanol–water partition coefficient (Wildman–Crippen LogP) is 4.48. The van der Waals surface area contributed by atoms with Gasteiger partial charge in [0.1, 0.15) is 5.76 Å². The zero-order valence-electron chi connectivity index (χ0n) is 17.2. The van der Waals surface area contributed by atoms with E-state index in [1.54, 1.807) is 6.07 Å². The lowest BCUT2D eigenvalue weighted by Gasteiger charge is -2.30. The molecule has 0 aliphatic carbocycles. The van der Waals surface area contributed by atoms with Crippen molar-refractivity contribution in [2.75, 3.05) is 19.6 Å². The van der Waals surface area contributed by atoms with E-state index < -0.39 is 0 Å². The molecule has 0 saturated carbocycles. The number of aryl methyl sites for hydroxylation is 2.